The van der Waals surface area contributed by atoms with Crippen molar-refractivity contribution in [3.8, 4) is 0 Å². The first kappa shape index (κ1) is 21.8. The maximum atomic E-state index is 10.6. The molecule has 3 N–H and O–H groups in total. The molecule has 1 aliphatic rings. The monoisotopic (exact) mass is 414 g/mol. The number of thiophene rings is 1. The molecular formula is C24H30O4S. The molecule has 1 aromatic heterocycles. The van der Waals surface area contributed by atoms with E-state index in [1.54, 1.807) is 17.4 Å². The Kier molecular flexibility index (Phi) is 7.64. The quantitative estimate of drug-likeness (QED) is 0.356. The molecule has 0 saturated heterocycles. The van der Waals surface area contributed by atoms with Gasteiger partial charge in [0.25, 0.3) is 0 Å². The molecule has 1 aromatic carbocycles. The van der Waals surface area contributed by atoms with Gasteiger partial charge < -0.3 is 15.3 Å². The van der Waals surface area contributed by atoms with Crippen molar-refractivity contribution in [2.45, 2.75) is 57.2 Å². The lowest BCUT2D eigenvalue weighted by Crippen LogP contribution is -2.17. The summed E-state index contributed by atoms with van der Waals surface area (Å²) < 4.78 is 1.16. The van der Waals surface area contributed by atoms with E-state index in [9.17, 15) is 15.0 Å². The van der Waals surface area contributed by atoms with Gasteiger partial charge in [0.15, 0.2) is 0 Å². The zero-order chi connectivity index (χ0) is 20.8. The van der Waals surface area contributed by atoms with Crippen molar-refractivity contribution < 1.29 is 20.1 Å². The van der Waals surface area contributed by atoms with Crippen molar-refractivity contribution in [3.63, 3.8) is 0 Å². The number of carbonyl (C=O) groups is 1. The SMILES string of the molecule is C=C1C[C@@H](O)[C@H](/C=C/[C@@H](O)c2cc3ccccc3s2)[C@H]1CCCCCCC(=O)O. The minimum Gasteiger partial charge on any atom is -0.481 e. The van der Waals surface area contributed by atoms with Gasteiger partial charge in [-0.2, -0.15) is 0 Å². The molecule has 4 nitrogen and oxygen atoms in total. The summed E-state index contributed by atoms with van der Waals surface area (Å²) in [4.78, 5) is 11.5. The van der Waals surface area contributed by atoms with Crippen LogP contribution in [0.5, 0.6) is 0 Å². The zero-order valence-electron chi connectivity index (χ0n) is 16.7. The van der Waals surface area contributed by atoms with E-state index in [1.165, 1.54) is 0 Å². The summed E-state index contributed by atoms with van der Waals surface area (Å²) in [5.74, 6) is -0.541. The van der Waals surface area contributed by atoms with Crippen LogP contribution >= 0.6 is 11.3 Å². The molecule has 0 bridgehead atoms. The van der Waals surface area contributed by atoms with Gasteiger partial charge in [-0.25, -0.2) is 0 Å². The van der Waals surface area contributed by atoms with Crippen molar-refractivity contribution in [2.24, 2.45) is 11.8 Å². The van der Waals surface area contributed by atoms with E-state index in [0.717, 1.165) is 46.2 Å². The number of hydrogen-bond acceptors (Lipinski definition) is 4. The van der Waals surface area contributed by atoms with Gasteiger partial charge in [0.1, 0.15) is 6.10 Å². The smallest absolute Gasteiger partial charge is 0.303 e. The van der Waals surface area contributed by atoms with Gasteiger partial charge in [0.05, 0.1) is 6.10 Å². The highest BCUT2D eigenvalue weighted by molar-refractivity contribution is 7.19. The molecule has 2 aromatic rings. The number of aliphatic hydroxyl groups is 2. The third-order valence-electron chi connectivity index (χ3n) is 5.81. The summed E-state index contributed by atoms with van der Waals surface area (Å²) in [6.45, 7) is 4.16. The summed E-state index contributed by atoms with van der Waals surface area (Å²) >= 11 is 1.59. The van der Waals surface area contributed by atoms with Crippen molar-refractivity contribution >= 4 is 27.4 Å². The Morgan fingerprint density at radius 1 is 1.24 bits per heavy atom. The molecule has 1 saturated carbocycles. The molecule has 1 heterocycles. The lowest BCUT2D eigenvalue weighted by molar-refractivity contribution is -0.137. The van der Waals surface area contributed by atoms with Crippen LogP contribution in [0.1, 0.15) is 55.9 Å². The second kappa shape index (κ2) is 10.2. The van der Waals surface area contributed by atoms with Crippen LogP contribution in [0.15, 0.2) is 54.6 Å². The Bertz CT molecular complexity index is 836. The topological polar surface area (TPSA) is 77.8 Å². The normalized spacial score (nSPS) is 23.2. The van der Waals surface area contributed by atoms with E-state index in [4.69, 9.17) is 5.11 Å². The van der Waals surface area contributed by atoms with Crippen LogP contribution in [0.25, 0.3) is 10.1 Å². The van der Waals surface area contributed by atoms with Gasteiger partial charge in [-0.1, -0.05) is 61.8 Å². The van der Waals surface area contributed by atoms with Crippen LogP contribution in [0.4, 0.5) is 0 Å². The van der Waals surface area contributed by atoms with E-state index in [1.807, 2.05) is 30.3 Å². The minimum atomic E-state index is -0.736. The summed E-state index contributed by atoms with van der Waals surface area (Å²) in [5, 5.41) is 30.9. The Labute approximate surface area is 176 Å². The largest absolute Gasteiger partial charge is 0.481 e. The molecule has 0 unspecified atom stereocenters. The molecule has 4 atom stereocenters. The highest BCUT2D eigenvalue weighted by atomic mass is 32.1. The number of benzene rings is 1. The molecule has 1 aliphatic carbocycles. The predicted molar refractivity (Wildman–Crippen MR) is 118 cm³/mol. The Hall–Kier alpha value is -1.95. The molecule has 1 fully saturated rings. The predicted octanol–water partition coefficient (Wildman–Crippen LogP) is 5.47. The molecule has 0 amide bonds. The molecular weight excluding hydrogens is 384 g/mol. The van der Waals surface area contributed by atoms with Crippen LogP contribution in [0.3, 0.4) is 0 Å². The van der Waals surface area contributed by atoms with Crippen LogP contribution in [-0.4, -0.2) is 27.4 Å². The highest BCUT2D eigenvalue weighted by Gasteiger charge is 2.35. The van der Waals surface area contributed by atoms with Crippen LogP contribution in [-0.2, 0) is 4.79 Å². The molecule has 29 heavy (non-hydrogen) atoms. The first-order valence-corrected chi connectivity index (χ1v) is 11.2. The van der Waals surface area contributed by atoms with Crippen molar-refractivity contribution in [2.75, 3.05) is 0 Å². The van der Waals surface area contributed by atoms with Crippen LogP contribution in [0, 0.1) is 11.8 Å². The third kappa shape index (κ3) is 5.78. The maximum Gasteiger partial charge on any atom is 0.303 e. The second-order valence-electron chi connectivity index (χ2n) is 7.98. The van der Waals surface area contributed by atoms with E-state index in [0.29, 0.717) is 12.8 Å². The van der Waals surface area contributed by atoms with Crippen molar-refractivity contribution in [3.05, 3.63) is 59.5 Å². The van der Waals surface area contributed by atoms with Gasteiger partial charge in [-0.15, -0.1) is 11.3 Å². The minimum absolute atomic E-state index is 0.0226. The summed E-state index contributed by atoms with van der Waals surface area (Å²) in [7, 11) is 0. The first-order valence-electron chi connectivity index (χ1n) is 10.4. The highest BCUT2D eigenvalue weighted by Crippen LogP contribution is 2.41. The second-order valence-corrected chi connectivity index (χ2v) is 9.09. The number of fused-ring (bicyclic) bond motifs is 1. The fraction of sp³-hybridized carbons (Fsp3) is 0.458. The molecule has 3 rings (SSSR count). The Morgan fingerprint density at radius 2 is 2.00 bits per heavy atom. The van der Waals surface area contributed by atoms with E-state index in [2.05, 4.69) is 12.6 Å². The lowest BCUT2D eigenvalue weighted by Gasteiger charge is -2.19. The number of unbranched alkanes of at least 4 members (excludes halogenated alkanes) is 3. The zero-order valence-corrected chi connectivity index (χ0v) is 17.5. The number of carboxylic acid groups (broad SMARTS) is 1. The van der Waals surface area contributed by atoms with E-state index in [-0.39, 0.29) is 18.3 Å². The average Bonchev–Trinajstić information content (AvgIpc) is 3.23. The van der Waals surface area contributed by atoms with Crippen molar-refractivity contribution in [1.29, 1.82) is 0 Å². The number of rotatable bonds is 10. The number of carboxylic acids is 1. The standard InChI is InChI=1S/C24H30O4S/c1-16-14-21(26)19(18(16)9-4-2-3-5-11-24(27)28)12-13-20(25)23-15-17-8-6-7-10-22(17)29-23/h6-8,10,12-13,15,18-21,25-26H,1-5,9,11,14H2,(H,27,28)/b13-12+/t18-,19+,20+,21+/m0/s1. The average molecular weight is 415 g/mol. The number of hydrogen-bond donors (Lipinski definition) is 3. The molecule has 0 spiro atoms. The van der Waals surface area contributed by atoms with Gasteiger partial charge in [0.2, 0.25) is 0 Å². The van der Waals surface area contributed by atoms with Crippen molar-refractivity contribution in [1.82, 2.24) is 0 Å². The Morgan fingerprint density at radius 3 is 2.76 bits per heavy atom. The first-order chi connectivity index (χ1) is 14.0. The van der Waals surface area contributed by atoms with Crippen LogP contribution in [0.2, 0.25) is 0 Å². The Balaban J connectivity index is 1.56. The summed E-state index contributed by atoms with van der Waals surface area (Å²) in [6.07, 6.45) is 8.05. The van der Waals surface area contributed by atoms with Gasteiger partial charge in [0, 0.05) is 21.9 Å². The third-order valence-corrected chi connectivity index (χ3v) is 7.00. The number of aliphatic hydroxyl groups excluding tert-OH is 2. The van der Waals surface area contributed by atoms with E-state index < -0.39 is 18.2 Å². The van der Waals surface area contributed by atoms with Gasteiger partial charge in [-0.05, 0) is 42.7 Å². The maximum absolute atomic E-state index is 10.6. The molecule has 0 aliphatic heterocycles. The van der Waals surface area contributed by atoms with Gasteiger partial charge in [-0.3, -0.25) is 4.79 Å². The summed E-state index contributed by atoms with van der Waals surface area (Å²) in [6, 6.07) is 10.1. The molecule has 156 valence electrons. The van der Waals surface area contributed by atoms with Crippen LogP contribution < -0.4 is 0 Å². The fourth-order valence-electron chi connectivity index (χ4n) is 4.23. The molecule has 5 heteroatoms. The summed E-state index contributed by atoms with van der Waals surface area (Å²) in [5.41, 5.74) is 1.08. The van der Waals surface area contributed by atoms with E-state index >= 15 is 0 Å². The number of aliphatic carboxylic acids is 1. The lowest BCUT2D eigenvalue weighted by atomic mass is 9.87. The molecule has 0 radical (unpaired) electrons. The van der Waals surface area contributed by atoms with Gasteiger partial charge >= 0.3 is 5.97 Å². The fourth-order valence-corrected chi connectivity index (χ4v) is 5.26.